The number of benzene rings is 2. The van der Waals surface area contributed by atoms with E-state index in [9.17, 15) is 16.8 Å². The predicted octanol–water partition coefficient (Wildman–Crippen LogP) is 1.33. The molecule has 9 heteroatoms. The summed E-state index contributed by atoms with van der Waals surface area (Å²) in [6.45, 7) is 0. The number of methoxy groups -OCH3 is 1. The summed E-state index contributed by atoms with van der Waals surface area (Å²) in [6.07, 6.45) is 0.254. The van der Waals surface area contributed by atoms with Gasteiger partial charge in [-0.3, -0.25) is 4.72 Å². The summed E-state index contributed by atoms with van der Waals surface area (Å²) in [5.74, 6) is 0.427. The van der Waals surface area contributed by atoms with Crippen LogP contribution in [-0.4, -0.2) is 29.7 Å². The van der Waals surface area contributed by atoms with Gasteiger partial charge in [-0.1, -0.05) is 24.3 Å². The van der Waals surface area contributed by atoms with Crippen LogP contribution >= 0.6 is 0 Å². The maximum absolute atomic E-state index is 12.2. The number of ether oxygens (including phenoxy) is 1. The minimum Gasteiger partial charge on any atom is -0.497 e. The van der Waals surface area contributed by atoms with Crippen molar-refractivity contribution in [3.8, 4) is 5.75 Å². The summed E-state index contributed by atoms with van der Waals surface area (Å²) in [5, 5.41) is 5.10. The standard InChI is InChI=1S/C15H18N2O5S2/c1-22-13-6-4-5-12(11-13)9-10-23(18,19)17-14-7-2-3-8-15(14)24(16,20)21/h2-8,11,17H,9-10H2,1H3,(H2,16,20,21). The number of primary sulfonamides is 1. The first-order chi connectivity index (χ1) is 11.2. The Kier molecular flexibility index (Phi) is 5.47. The molecule has 0 amide bonds. The highest BCUT2D eigenvalue weighted by Gasteiger charge is 2.18. The fraction of sp³-hybridized carbons (Fsp3) is 0.200. The highest BCUT2D eigenvalue weighted by Crippen LogP contribution is 2.21. The van der Waals surface area contributed by atoms with E-state index in [0.717, 1.165) is 5.56 Å². The normalized spacial score (nSPS) is 11.9. The van der Waals surface area contributed by atoms with Gasteiger partial charge in [-0.2, -0.15) is 0 Å². The van der Waals surface area contributed by atoms with Gasteiger partial charge in [0.25, 0.3) is 0 Å². The molecule has 0 aliphatic rings. The molecule has 0 saturated heterocycles. The topological polar surface area (TPSA) is 116 Å². The van der Waals surface area contributed by atoms with Gasteiger partial charge in [0, 0.05) is 0 Å². The molecule has 2 aromatic carbocycles. The predicted molar refractivity (Wildman–Crippen MR) is 91.9 cm³/mol. The third-order valence-electron chi connectivity index (χ3n) is 3.25. The van der Waals surface area contributed by atoms with Gasteiger partial charge in [0.1, 0.15) is 10.6 Å². The highest BCUT2D eigenvalue weighted by molar-refractivity contribution is 7.93. The highest BCUT2D eigenvalue weighted by atomic mass is 32.2. The van der Waals surface area contributed by atoms with Crippen LogP contribution in [0.1, 0.15) is 5.56 Å². The average molecular weight is 370 g/mol. The van der Waals surface area contributed by atoms with E-state index in [1.165, 1.54) is 31.4 Å². The van der Waals surface area contributed by atoms with Crippen molar-refractivity contribution >= 4 is 25.7 Å². The van der Waals surface area contributed by atoms with Gasteiger partial charge in [-0.15, -0.1) is 0 Å². The van der Waals surface area contributed by atoms with E-state index in [0.29, 0.717) is 5.75 Å². The maximum atomic E-state index is 12.2. The Labute approximate surface area is 141 Å². The summed E-state index contributed by atoms with van der Waals surface area (Å²) >= 11 is 0. The minimum absolute atomic E-state index is 0.0642. The van der Waals surface area contributed by atoms with E-state index >= 15 is 0 Å². The molecule has 7 nitrogen and oxygen atoms in total. The van der Waals surface area contributed by atoms with Crippen molar-refractivity contribution in [1.82, 2.24) is 0 Å². The van der Waals surface area contributed by atoms with Crippen molar-refractivity contribution in [3.63, 3.8) is 0 Å². The zero-order valence-corrected chi connectivity index (χ0v) is 14.6. The third kappa shape index (κ3) is 4.95. The summed E-state index contributed by atoms with van der Waals surface area (Å²) in [4.78, 5) is -0.269. The second-order valence-electron chi connectivity index (χ2n) is 5.06. The Balaban J connectivity index is 2.15. The number of rotatable bonds is 7. The molecule has 0 aliphatic carbocycles. The number of hydrogen-bond acceptors (Lipinski definition) is 5. The molecule has 0 heterocycles. The zero-order chi connectivity index (χ0) is 17.8. The molecule has 0 aliphatic heterocycles. The number of nitrogens with one attached hydrogen (secondary N) is 1. The minimum atomic E-state index is -4.03. The smallest absolute Gasteiger partial charge is 0.240 e. The van der Waals surface area contributed by atoms with E-state index in [-0.39, 0.29) is 22.8 Å². The Hall–Kier alpha value is -2.10. The first-order valence-corrected chi connectivity index (χ1v) is 10.2. The molecule has 2 rings (SSSR count). The van der Waals surface area contributed by atoms with Crippen LogP contribution in [0.25, 0.3) is 0 Å². The summed E-state index contributed by atoms with van der Waals surface area (Å²) < 4.78 is 54.9. The van der Waals surface area contributed by atoms with E-state index in [4.69, 9.17) is 9.88 Å². The molecule has 0 radical (unpaired) electrons. The lowest BCUT2D eigenvalue weighted by atomic mass is 10.2. The van der Waals surface area contributed by atoms with Gasteiger partial charge in [0.2, 0.25) is 20.0 Å². The SMILES string of the molecule is COc1cccc(CCS(=O)(=O)Nc2ccccc2S(N)(=O)=O)c1. The number of sulfonamides is 2. The van der Waals surface area contributed by atoms with Crippen LogP contribution in [0.3, 0.4) is 0 Å². The second-order valence-corrected chi connectivity index (χ2v) is 8.44. The second kappa shape index (κ2) is 7.20. The molecule has 0 spiro atoms. The van der Waals surface area contributed by atoms with Crippen molar-refractivity contribution in [2.45, 2.75) is 11.3 Å². The molecule has 3 N–H and O–H groups in total. The lowest BCUT2D eigenvalue weighted by Gasteiger charge is -2.11. The van der Waals surface area contributed by atoms with E-state index in [2.05, 4.69) is 4.72 Å². The van der Waals surface area contributed by atoms with Gasteiger partial charge in [0.05, 0.1) is 18.6 Å². The van der Waals surface area contributed by atoms with E-state index in [1.54, 1.807) is 24.3 Å². The third-order valence-corrected chi connectivity index (χ3v) is 5.49. The first-order valence-electron chi connectivity index (χ1n) is 6.96. The summed E-state index contributed by atoms with van der Waals surface area (Å²) in [6, 6.07) is 12.6. The number of nitrogens with two attached hydrogens (primary N) is 1. The van der Waals surface area contributed by atoms with Crippen LogP contribution in [0.15, 0.2) is 53.4 Å². The molecule has 24 heavy (non-hydrogen) atoms. The summed E-state index contributed by atoms with van der Waals surface area (Å²) in [5.41, 5.74) is 0.727. The molecule has 0 fully saturated rings. The molecule has 0 aromatic heterocycles. The monoisotopic (exact) mass is 370 g/mol. The molecule has 0 atom stereocenters. The lowest BCUT2D eigenvalue weighted by Crippen LogP contribution is -2.21. The van der Waals surface area contributed by atoms with Crippen LogP contribution < -0.4 is 14.6 Å². The van der Waals surface area contributed by atoms with Gasteiger partial charge in [-0.05, 0) is 36.2 Å². The lowest BCUT2D eigenvalue weighted by molar-refractivity contribution is 0.414. The Morgan fingerprint density at radius 1 is 1.04 bits per heavy atom. The van der Waals surface area contributed by atoms with Crippen molar-refractivity contribution in [3.05, 3.63) is 54.1 Å². The van der Waals surface area contributed by atoms with Crippen LogP contribution in [-0.2, 0) is 26.5 Å². The Morgan fingerprint density at radius 3 is 2.42 bits per heavy atom. The van der Waals surface area contributed by atoms with Crippen molar-refractivity contribution < 1.29 is 21.6 Å². The zero-order valence-electron chi connectivity index (χ0n) is 13.0. The molecule has 130 valence electrons. The fourth-order valence-corrected chi connectivity index (χ4v) is 3.98. The number of hydrogen-bond donors (Lipinski definition) is 2. The molecule has 0 bridgehead atoms. The number of aryl methyl sites for hydroxylation is 1. The first kappa shape index (κ1) is 18.2. The van der Waals surface area contributed by atoms with E-state index in [1.807, 2.05) is 0 Å². The Bertz CT molecular complexity index is 924. The van der Waals surface area contributed by atoms with Gasteiger partial charge >= 0.3 is 0 Å². The van der Waals surface area contributed by atoms with E-state index < -0.39 is 20.0 Å². The Morgan fingerprint density at radius 2 is 1.75 bits per heavy atom. The largest absolute Gasteiger partial charge is 0.497 e. The molecular weight excluding hydrogens is 352 g/mol. The molecule has 0 unspecified atom stereocenters. The number of anilines is 1. The van der Waals surface area contributed by atoms with Crippen LogP contribution in [0, 0.1) is 0 Å². The van der Waals surface area contributed by atoms with Crippen LogP contribution in [0.5, 0.6) is 5.75 Å². The summed E-state index contributed by atoms with van der Waals surface area (Å²) in [7, 11) is -6.24. The van der Waals surface area contributed by atoms with Crippen molar-refractivity contribution in [2.75, 3.05) is 17.6 Å². The van der Waals surface area contributed by atoms with Crippen molar-refractivity contribution in [1.29, 1.82) is 0 Å². The van der Waals surface area contributed by atoms with Gasteiger partial charge in [-0.25, -0.2) is 22.0 Å². The van der Waals surface area contributed by atoms with Crippen molar-refractivity contribution in [2.24, 2.45) is 5.14 Å². The number of para-hydroxylation sites is 1. The molecule has 0 saturated carbocycles. The van der Waals surface area contributed by atoms with Crippen LogP contribution in [0.4, 0.5) is 5.69 Å². The molecule has 2 aromatic rings. The molecular formula is C15H18N2O5S2. The van der Waals surface area contributed by atoms with Gasteiger partial charge in [0.15, 0.2) is 0 Å². The van der Waals surface area contributed by atoms with Crippen LogP contribution in [0.2, 0.25) is 0 Å². The quantitative estimate of drug-likeness (QED) is 0.763. The van der Waals surface area contributed by atoms with Gasteiger partial charge < -0.3 is 4.74 Å². The average Bonchev–Trinajstić information content (AvgIpc) is 2.52. The maximum Gasteiger partial charge on any atom is 0.240 e. The fourth-order valence-electron chi connectivity index (χ4n) is 2.10.